The Labute approximate surface area is 149 Å². The Kier molecular flexibility index (Phi) is 5.78. The van der Waals surface area contributed by atoms with Crippen LogP contribution in [0.2, 0.25) is 0 Å². The van der Waals surface area contributed by atoms with E-state index in [9.17, 15) is 9.90 Å². The highest BCUT2D eigenvalue weighted by atomic mass is 16.5. The molecule has 1 aliphatic carbocycles. The van der Waals surface area contributed by atoms with E-state index < -0.39 is 0 Å². The molecule has 1 aromatic heterocycles. The van der Waals surface area contributed by atoms with Crippen LogP contribution in [-0.2, 0) is 6.54 Å². The lowest BCUT2D eigenvalue weighted by molar-refractivity contribution is 0.0153. The molecule has 0 spiro atoms. The molecule has 1 aromatic rings. The first-order valence-corrected chi connectivity index (χ1v) is 9.31. The van der Waals surface area contributed by atoms with Gasteiger partial charge < -0.3 is 20.1 Å². The predicted octanol–water partition coefficient (Wildman–Crippen LogP) is 2.56. The van der Waals surface area contributed by atoms with E-state index in [1.54, 1.807) is 13.2 Å². The minimum absolute atomic E-state index is 0.0578. The molecule has 2 amide bonds. The first kappa shape index (κ1) is 18.0. The summed E-state index contributed by atoms with van der Waals surface area (Å²) in [5.74, 6) is 1.37. The minimum Gasteiger partial charge on any atom is -0.481 e. The van der Waals surface area contributed by atoms with Crippen molar-refractivity contribution in [3.63, 3.8) is 0 Å². The number of hydrogen-bond donors (Lipinski definition) is 2. The van der Waals surface area contributed by atoms with Gasteiger partial charge in [-0.15, -0.1) is 0 Å². The van der Waals surface area contributed by atoms with Gasteiger partial charge in [0.15, 0.2) is 0 Å². The number of pyridine rings is 1. The second kappa shape index (κ2) is 8.04. The number of nitrogens with one attached hydrogen (secondary N) is 1. The summed E-state index contributed by atoms with van der Waals surface area (Å²) in [6.45, 7) is 3.38. The van der Waals surface area contributed by atoms with E-state index in [0.717, 1.165) is 44.3 Å². The van der Waals surface area contributed by atoms with E-state index in [1.165, 1.54) is 0 Å². The van der Waals surface area contributed by atoms with Gasteiger partial charge in [-0.2, -0.15) is 0 Å². The minimum atomic E-state index is -0.283. The molecule has 138 valence electrons. The monoisotopic (exact) mass is 347 g/mol. The molecule has 2 aliphatic rings. The van der Waals surface area contributed by atoms with Gasteiger partial charge in [0.05, 0.1) is 25.5 Å². The smallest absolute Gasteiger partial charge is 0.317 e. The highest BCUT2D eigenvalue weighted by molar-refractivity contribution is 5.74. The number of ether oxygens (including phenoxy) is 1. The zero-order valence-electron chi connectivity index (χ0n) is 15.1. The van der Waals surface area contributed by atoms with Crippen molar-refractivity contribution in [3.8, 4) is 5.88 Å². The van der Waals surface area contributed by atoms with Gasteiger partial charge in [0.25, 0.3) is 0 Å². The van der Waals surface area contributed by atoms with Crippen LogP contribution < -0.4 is 10.1 Å². The molecule has 2 heterocycles. The highest BCUT2D eigenvalue weighted by Crippen LogP contribution is 2.37. The second-order valence-electron chi connectivity index (χ2n) is 7.38. The summed E-state index contributed by atoms with van der Waals surface area (Å²) in [4.78, 5) is 18.9. The number of rotatable bonds is 4. The Morgan fingerprint density at radius 2 is 2.24 bits per heavy atom. The number of aliphatic hydroxyl groups is 1. The van der Waals surface area contributed by atoms with Gasteiger partial charge in [-0.05, 0) is 44.1 Å². The number of aromatic nitrogens is 1. The molecule has 0 bridgehead atoms. The topological polar surface area (TPSA) is 74.7 Å². The maximum atomic E-state index is 12.7. The van der Waals surface area contributed by atoms with Gasteiger partial charge in [-0.3, -0.25) is 0 Å². The number of nitrogens with zero attached hydrogens (tertiary/aromatic N) is 2. The van der Waals surface area contributed by atoms with Crippen LogP contribution in [0.1, 0.15) is 44.7 Å². The molecule has 1 aliphatic heterocycles. The van der Waals surface area contributed by atoms with Crippen LogP contribution >= 0.6 is 0 Å². The maximum absolute atomic E-state index is 12.7. The van der Waals surface area contributed by atoms with E-state index >= 15 is 0 Å². The molecule has 3 rings (SSSR count). The molecule has 4 atom stereocenters. The van der Waals surface area contributed by atoms with Gasteiger partial charge in [-0.25, -0.2) is 9.78 Å². The van der Waals surface area contributed by atoms with Crippen molar-refractivity contribution in [1.29, 1.82) is 0 Å². The third-order valence-corrected chi connectivity index (χ3v) is 5.59. The van der Waals surface area contributed by atoms with E-state index in [1.807, 2.05) is 17.0 Å². The summed E-state index contributed by atoms with van der Waals surface area (Å²) < 4.78 is 5.12. The van der Waals surface area contributed by atoms with Gasteiger partial charge in [0, 0.05) is 24.6 Å². The van der Waals surface area contributed by atoms with Crippen molar-refractivity contribution in [2.45, 2.75) is 57.7 Å². The molecule has 2 fully saturated rings. The van der Waals surface area contributed by atoms with Gasteiger partial charge >= 0.3 is 6.03 Å². The lowest BCUT2D eigenvalue weighted by Gasteiger charge is -2.39. The van der Waals surface area contributed by atoms with Crippen molar-refractivity contribution >= 4 is 6.03 Å². The molecular formula is C19H29N3O3. The summed E-state index contributed by atoms with van der Waals surface area (Å²) in [6, 6.07) is 5.62. The lowest BCUT2D eigenvalue weighted by Crippen LogP contribution is -2.49. The summed E-state index contributed by atoms with van der Waals surface area (Å²) >= 11 is 0. The van der Waals surface area contributed by atoms with Crippen LogP contribution in [0.5, 0.6) is 5.88 Å². The summed E-state index contributed by atoms with van der Waals surface area (Å²) in [5, 5.41) is 13.4. The molecule has 25 heavy (non-hydrogen) atoms. The first-order valence-electron chi connectivity index (χ1n) is 9.31. The summed E-state index contributed by atoms with van der Waals surface area (Å²) in [6.07, 6.45) is 4.65. The average Bonchev–Trinajstić information content (AvgIpc) is 3.11. The van der Waals surface area contributed by atoms with E-state index in [2.05, 4.69) is 17.2 Å². The van der Waals surface area contributed by atoms with Crippen LogP contribution in [-0.4, -0.2) is 46.8 Å². The standard InChI is InChI=1S/C19H29N3O3/c1-13-8-9-17(23)15(11-13)16-6-4-10-22(16)19(24)20-12-14-5-3-7-18(21-14)25-2/h3,5,7,13,15-17,23H,4,6,8-12H2,1-2H3,(H,20,24)/t13-,15+,16-,17+/m1/s1. The van der Waals surface area contributed by atoms with Gasteiger partial charge in [0.1, 0.15) is 0 Å². The van der Waals surface area contributed by atoms with Crippen LogP contribution in [0.15, 0.2) is 18.2 Å². The molecular weight excluding hydrogens is 318 g/mol. The normalized spacial score (nSPS) is 29.5. The Morgan fingerprint density at radius 1 is 1.40 bits per heavy atom. The molecule has 0 radical (unpaired) electrons. The number of hydrogen-bond acceptors (Lipinski definition) is 4. The van der Waals surface area contributed by atoms with Crippen LogP contribution in [0.4, 0.5) is 4.79 Å². The largest absolute Gasteiger partial charge is 0.481 e. The molecule has 1 saturated heterocycles. The van der Waals surface area contributed by atoms with E-state index in [-0.39, 0.29) is 24.1 Å². The maximum Gasteiger partial charge on any atom is 0.317 e. The van der Waals surface area contributed by atoms with E-state index in [4.69, 9.17) is 4.74 Å². The number of carbonyl (C=O) groups is 1. The van der Waals surface area contributed by atoms with Crippen LogP contribution in [0, 0.1) is 11.8 Å². The molecule has 2 N–H and O–H groups in total. The van der Waals surface area contributed by atoms with Crippen molar-refractivity contribution in [2.24, 2.45) is 11.8 Å². The number of methoxy groups -OCH3 is 1. The average molecular weight is 347 g/mol. The number of likely N-dealkylation sites (tertiary alicyclic amines) is 1. The Balaban J connectivity index is 1.60. The molecule has 1 saturated carbocycles. The van der Waals surface area contributed by atoms with Crippen molar-refractivity contribution in [3.05, 3.63) is 23.9 Å². The molecule has 0 unspecified atom stereocenters. The van der Waals surface area contributed by atoms with Crippen LogP contribution in [0.25, 0.3) is 0 Å². The van der Waals surface area contributed by atoms with Crippen molar-refractivity contribution < 1.29 is 14.6 Å². The van der Waals surface area contributed by atoms with Crippen LogP contribution in [0.3, 0.4) is 0 Å². The third-order valence-electron chi connectivity index (χ3n) is 5.59. The second-order valence-corrected chi connectivity index (χ2v) is 7.38. The fourth-order valence-electron chi connectivity index (χ4n) is 4.25. The Bertz CT molecular complexity index is 595. The lowest BCUT2D eigenvalue weighted by atomic mass is 9.76. The highest BCUT2D eigenvalue weighted by Gasteiger charge is 2.40. The van der Waals surface area contributed by atoms with Crippen molar-refractivity contribution in [1.82, 2.24) is 15.2 Å². The predicted molar refractivity (Wildman–Crippen MR) is 95.3 cm³/mol. The fraction of sp³-hybridized carbons (Fsp3) is 0.684. The quantitative estimate of drug-likeness (QED) is 0.878. The zero-order chi connectivity index (χ0) is 17.8. The number of urea groups is 1. The SMILES string of the molecule is COc1cccc(CNC(=O)N2CCC[C@@H]2[C@@H]2C[C@H](C)CC[C@@H]2O)n1. The first-order chi connectivity index (χ1) is 12.1. The molecule has 6 nitrogen and oxygen atoms in total. The Morgan fingerprint density at radius 3 is 3.04 bits per heavy atom. The number of carbonyl (C=O) groups excluding carboxylic acids is 1. The summed E-state index contributed by atoms with van der Waals surface area (Å²) in [5.41, 5.74) is 0.773. The number of aliphatic hydroxyl groups excluding tert-OH is 1. The molecule has 6 heteroatoms. The number of amides is 2. The fourth-order valence-corrected chi connectivity index (χ4v) is 4.25. The van der Waals surface area contributed by atoms with E-state index in [0.29, 0.717) is 18.3 Å². The Hall–Kier alpha value is -1.82. The van der Waals surface area contributed by atoms with Gasteiger partial charge in [0.2, 0.25) is 5.88 Å². The zero-order valence-corrected chi connectivity index (χ0v) is 15.1. The third kappa shape index (κ3) is 4.24. The molecule has 0 aromatic carbocycles. The summed E-state index contributed by atoms with van der Waals surface area (Å²) in [7, 11) is 1.58. The van der Waals surface area contributed by atoms with Gasteiger partial charge in [-0.1, -0.05) is 13.0 Å². The van der Waals surface area contributed by atoms with Crippen molar-refractivity contribution in [2.75, 3.05) is 13.7 Å².